The molecule has 2 aliphatic rings. The summed E-state index contributed by atoms with van der Waals surface area (Å²) in [4.78, 5) is 23.1. The lowest BCUT2D eigenvalue weighted by atomic mass is 9.95. The Morgan fingerprint density at radius 3 is 2.94 bits per heavy atom. The number of hydrogen-bond donors (Lipinski definition) is 3. The zero-order valence-electron chi connectivity index (χ0n) is 25.0. The minimum atomic E-state index is -0.944. The molecule has 47 heavy (non-hydrogen) atoms. The van der Waals surface area contributed by atoms with Crippen molar-refractivity contribution in [1.29, 1.82) is 0 Å². The van der Waals surface area contributed by atoms with E-state index in [-0.39, 0.29) is 57.3 Å². The van der Waals surface area contributed by atoms with Gasteiger partial charge in [0, 0.05) is 54.4 Å². The minimum absolute atomic E-state index is 0.0795. The monoisotopic (exact) mass is 635 g/mol. The molecule has 0 spiro atoms. The van der Waals surface area contributed by atoms with Crippen molar-refractivity contribution in [2.75, 3.05) is 25.0 Å². The second-order valence-electron chi connectivity index (χ2n) is 12.1. The fourth-order valence-corrected chi connectivity index (χ4v) is 7.16. The Morgan fingerprint density at radius 2 is 2.06 bits per heavy atom. The number of ether oxygens (including phenoxy) is 1. The third-order valence-electron chi connectivity index (χ3n) is 9.33. The molecule has 2 saturated heterocycles. The summed E-state index contributed by atoms with van der Waals surface area (Å²) in [6.07, 6.45) is 11.7. The zero-order valence-corrected chi connectivity index (χ0v) is 25.0. The van der Waals surface area contributed by atoms with Gasteiger partial charge in [-0.3, -0.25) is 9.88 Å². The van der Waals surface area contributed by atoms with Crippen molar-refractivity contribution in [3.05, 3.63) is 77.8 Å². The van der Waals surface area contributed by atoms with E-state index in [1.165, 1.54) is 30.5 Å². The number of halogens is 3. The van der Waals surface area contributed by atoms with E-state index in [0.717, 1.165) is 36.0 Å². The van der Waals surface area contributed by atoms with Crippen molar-refractivity contribution in [3.63, 3.8) is 0 Å². The van der Waals surface area contributed by atoms with Gasteiger partial charge in [-0.1, -0.05) is 12.0 Å². The van der Waals surface area contributed by atoms with E-state index in [9.17, 15) is 13.9 Å². The summed E-state index contributed by atoms with van der Waals surface area (Å²) in [6, 6.07) is 9.07. The molecule has 0 bridgehead atoms. The number of alkyl halides is 1. The number of aromatic amines is 1. The van der Waals surface area contributed by atoms with Gasteiger partial charge >= 0.3 is 6.01 Å². The Labute approximate surface area is 266 Å². The van der Waals surface area contributed by atoms with Gasteiger partial charge in [-0.15, -0.1) is 6.42 Å². The number of phenols is 1. The molecule has 0 aliphatic carbocycles. The van der Waals surface area contributed by atoms with E-state index in [2.05, 4.69) is 41.1 Å². The Hall–Kier alpha value is -5.41. The van der Waals surface area contributed by atoms with Crippen molar-refractivity contribution < 1.29 is 23.0 Å². The maximum absolute atomic E-state index is 16.7. The first-order chi connectivity index (χ1) is 22.8. The maximum atomic E-state index is 16.7. The van der Waals surface area contributed by atoms with Crippen molar-refractivity contribution in [2.24, 2.45) is 0 Å². The molecule has 6 aromatic rings. The van der Waals surface area contributed by atoms with Gasteiger partial charge in [0.1, 0.15) is 47.0 Å². The molecule has 8 rings (SSSR count). The number of rotatable bonds is 7. The first-order valence-electron chi connectivity index (χ1n) is 15.3. The largest absolute Gasteiger partial charge is 0.508 e. The third-order valence-corrected chi connectivity index (χ3v) is 9.33. The van der Waals surface area contributed by atoms with Crippen LogP contribution in [-0.2, 0) is 6.54 Å². The number of aromatic nitrogens is 5. The van der Waals surface area contributed by atoms with E-state index < -0.39 is 23.3 Å². The molecular weight excluding hydrogens is 607 g/mol. The highest BCUT2D eigenvalue weighted by atomic mass is 19.1. The maximum Gasteiger partial charge on any atom is 0.319 e. The van der Waals surface area contributed by atoms with Crippen LogP contribution < -0.4 is 10.1 Å². The second kappa shape index (κ2) is 11.1. The lowest BCUT2D eigenvalue weighted by molar-refractivity contribution is 0.107. The van der Waals surface area contributed by atoms with Gasteiger partial charge in [0.15, 0.2) is 5.82 Å². The van der Waals surface area contributed by atoms with Gasteiger partial charge in [-0.25, -0.2) is 18.2 Å². The molecule has 2 aromatic carbocycles. The van der Waals surface area contributed by atoms with Gasteiger partial charge < -0.3 is 20.1 Å². The SMILES string of the molecule is C#Cc1c(F)ccc2cc(O)cc(-c3ncc4c(NCc5c[nH]c6ncccc56)nc(OC[C@@]56CCCN5C[C@H](F)C6)nc4c3F)c12. The molecule has 2 atom stereocenters. The molecule has 9 nitrogen and oxygen atoms in total. The van der Waals surface area contributed by atoms with Gasteiger partial charge in [0.25, 0.3) is 0 Å². The molecule has 0 unspecified atom stereocenters. The molecule has 0 saturated carbocycles. The number of aromatic hydroxyl groups is 1. The number of pyridine rings is 2. The number of fused-ring (bicyclic) bond motifs is 4. The quantitative estimate of drug-likeness (QED) is 0.177. The fourth-order valence-electron chi connectivity index (χ4n) is 7.16. The van der Waals surface area contributed by atoms with E-state index in [1.807, 2.05) is 18.3 Å². The topological polar surface area (TPSA) is 112 Å². The highest BCUT2D eigenvalue weighted by molar-refractivity contribution is 6.03. The lowest BCUT2D eigenvalue weighted by Crippen LogP contribution is -2.43. The standard InChI is InChI=1S/C35H28F3N7O2/c1-2-23-27(37)7-6-19-11-22(46)12-25(28(19)23)30-29(38)31-26(16-40-30)33(42-15-20-14-41-32-24(20)5-3-9-39-32)44-34(43-31)47-18-35-8-4-10-45(35)17-21(36)13-35/h1,3,5-7,9,11-12,14,16,21,46H,4,8,10,13,15,17-18H2,(H,39,41)(H,42,43,44)/t21-,35+/m1/s1. The average Bonchev–Trinajstić information content (AvgIpc) is 3.75. The molecule has 2 aliphatic heterocycles. The Bertz CT molecular complexity index is 2250. The van der Waals surface area contributed by atoms with E-state index in [1.54, 1.807) is 6.20 Å². The van der Waals surface area contributed by atoms with Crippen LogP contribution in [0.1, 0.15) is 30.4 Å². The van der Waals surface area contributed by atoms with Crippen molar-refractivity contribution in [1.82, 2.24) is 29.8 Å². The summed E-state index contributed by atoms with van der Waals surface area (Å²) < 4.78 is 52.1. The number of anilines is 1. The Balaban J connectivity index is 1.25. The Morgan fingerprint density at radius 1 is 1.17 bits per heavy atom. The molecule has 3 N–H and O–H groups in total. The molecule has 0 radical (unpaired) electrons. The summed E-state index contributed by atoms with van der Waals surface area (Å²) in [5.41, 5.74) is 0.897. The van der Waals surface area contributed by atoms with Gasteiger partial charge in [0.05, 0.1) is 16.5 Å². The highest BCUT2D eigenvalue weighted by Crippen LogP contribution is 2.41. The molecule has 2 fully saturated rings. The van der Waals surface area contributed by atoms with Crippen LogP contribution in [0.2, 0.25) is 0 Å². The van der Waals surface area contributed by atoms with Crippen LogP contribution in [0.4, 0.5) is 19.0 Å². The number of phenolic OH excluding ortho intramolecular Hbond substituents is 1. The van der Waals surface area contributed by atoms with E-state index >= 15 is 4.39 Å². The summed E-state index contributed by atoms with van der Waals surface area (Å²) in [5, 5.41) is 15.6. The number of benzene rings is 2. The average molecular weight is 636 g/mol. The second-order valence-corrected chi connectivity index (χ2v) is 12.1. The van der Waals surface area contributed by atoms with Gasteiger partial charge in [-0.05, 0) is 60.7 Å². The molecule has 12 heteroatoms. The van der Waals surface area contributed by atoms with Crippen LogP contribution in [-0.4, -0.2) is 66.3 Å². The number of H-pyrrole nitrogens is 1. The summed E-state index contributed by atoms with van der Waals surface area (Å²) in [6.45, 7) is 1.60. The number of terminal acetylenes is 1. The predicted octanol–water partition coefficient (Wildman–Crippen LogP) is 6.25. The number of nitrogens with zero attached hydrogens (tertiary/aromatic N) is 5. The predicted molar refractivity (Wildman–Crippen MR) is 172 cm³/mol. The third kappa shape index (κ3) is 4.85. The lowest BCUT2D eigenvalue weighted by Gasteiger charge is -2.30. The summed E-state index contributed by atoms with van der Waals surface area (Å²) >= 11 is 0. The molecule has 236 valence electrons. The van der Waals surface area contributed by atoms with Crippen molar-refractivity contribution in [3.8, 4) is 35.4 Å². The molecular formula is C35H28F3N7O2. The van der Waals surface area contributed by atoms with Gasteiger partial charge in [0.2, 0.25) is 0 Å². The number of nitrogens with one attached hydrogen (secondary N) is 2. The first-order valence-corrected chi connectivity index (χ1v) is 15.3. The molecule has 0 amide bonds. The molecule has 6 heterocycles. The Kier molecular flexibility index (Phi) is 6.88. The summed E-state index contributed by atoms with van der Waals surface area (Å²) in [7, 11) is 0. The number of hydrogen-bond acceptors (Lipinski definition) is 8. The summed E-state index contributed by atoms with van der Waals surface area (Å²) in [5.74, 6) is 0.954. The van der Waals surface area contributed by atoms with Crippen LogP contribution in [0.3, 0.4) is 0 Å². The van der Waals surface area contributed by atoms with Gasteiger partial charge in [-0.2, -0.15) is 9.97 Å². The van der Waals surface area contributed by atoms with Crippen molar-refractivity contribution >= 4 is 38.5 Å². The molecule has 4 aromatic heterocycles. The van der Waals surface area contributed by atoms with Crippen LogP contribution >= 0.6 is 0 Å². The van der Waals surface area contributed by atoms with Crippen LogP contribution in [0, 0.1) is 24.0 Å². The van der Waals surface area contributed by atoms with Crippen LogP contribution in [0.5, 0.6) is 11.8 Å². The normalized spacial score (nSPS) is 19.4. The minimum Gasteiger partial charge on any atom is -0.508 e. The van der Waals surface area contributed by atoms with Crippen LogP contribution in [0.25, 0.3) is 44.0 Å². The smallest absolute Gasteiger partial charge is 0.319 e. The fraction of sp³-hybridized carbons (Fsp3) is 0.257. The van der Waals surface area contributed by atoms with E-state index in [0.29, 0.717) is 24.9 Å². The first kappa shape index (κ1) is 29.0. The zero-order chi connectivity index (χ0) is 32.3. The van der Waals surface area contributed by atoms with Crippen molar-refractivity contribution in [2.45, 2.75) is 37.5 Å². The van der Waals surface area contributed by atoms with E-state index in [4.69, 9.17) is 11.2 Å². The highest BCUT2D eigenvalue weighted by Gasteiger charge is 2.49. The van der Waals surface area contributed by atoms with Crippen LogP contribution in [0.15, 0.2) is 55.0 Å².